The number of aryl methyl sites for hydroxylation is 1. The molecule has 0 saturated heterocycles. The van der Waals surface area contributed by atoms with Gasteiger partial charge in [0, 0.05) is 12.6 Å². The number of ether oxygens (including phenoxy) is 1. The average molecular weight is 274 g/mol. The van der Waals surface area contributed by atoms with Crippen LogP contribution in [0.15, 0.2) is 30.6 Å². The molecule has 0 spiro atoms. The molecule has 0 unspecified atom stereocenters. The molecule has 0 bridgehead atoms. The van der Waals surface area contributed by atoms with Crippen LogP contribution in [0.3, 0.4) is 0 Å². The van der Waals surface area contributed by atoms with Crippen molar-refractivity contribution in [3.8, 4) is 5.75 Å². The van der Waals surface area contributed by atoms with E-state index in [0.717, 1.165) is 24.5 Å². The molecule has 1 heterocycles. The number of methoxy groups -OCH3 is 1. The summed E-state index contributed by atoms with van der Waals surface area (Å²) < 4.78 is 7.20. The third-order valence-electron chi connectivity index (χ3n) is 3.29. The second kappa shape index (κ2) is 7.05. The first-order valence-electron chi connectivity index (χ1n) is 6.98. The molecule has 0 fully saturated rings. The van der Waals surface area contributed by atoms with Gasteiger partial charge in [0.25, 0.3) is 0 Å². The van der Waals surface area contributed by atoms with E-state index in [9.17, 15) is 0 Å². The fourth-order valence-electron chi connectivity index (χ4n) is 2.10. The van der Waals surface area contributed by atoms with Gasteiger partial charge in [-0.05, 0) is 31.0 Å². The molecular weight excluding hydrogens is 252 g/mol. The third-order valence-corrected chi connectivity index (χ3v) is 3.29. The highest BCUT2D eigenvalue weighted by atomic mass is 16.5. The van der Waals surface area contributed by atoms with Crippen LogP contribution < -0.4 is 10.1 Å². The number of nitrogens with one attached hydrogen (secondary N) is 1. The van der Waals surface area contributed by atoms with Crippen molar-refractivity contribution < 1.29 is 4.74 Å². The lowest BCUT2D eigenvalue weighted by Crippen LogP contribution is -2.21. The molecular formula is C15H22N4O. The fraction of sp³-hybridized carbons (Fsp3) is 0.467. The molecule has 0 aliphatic carbocycles. The Balaban J connectivity index is 1.97. The van der Waals surface area contributed by atoms with Crippen LogP contribution in [0.1, 0.15) is 37.7 Å². The molecule has 2 rings (SSSR count). The monoisotopic (exact) mass is 274 g/mol. The predicted molar refractivity (Wildman–Crippen MR) is 78.6 cm³/mol. The van der Waals surface area contributed by atoms with Crippen LogP contribution in [0.2, 0.25) is 0 Å². The first-order chi connectivity index (χ1) is 9.74. The van der Waals surface area contributed by atoms with E-state index in [0.29, 0.717) is 6.54 Å². The van der Waals surface area contributed by atoms with E-state index in [-0.39, 0.29) is 6.04 Å². The lowest BCUT2D eigenvalue weighted by molar-refractivity contribution is 0.413. The maximum absolute atomic E-state index is 5.25. The minimum atomic E-state index is 0.233. The number of hydrogen-bond donors (Lipinski definition) is 1. The Morgan fingerprint density at radius 3 is 3.00 bits per heavy atom. The minimum absolute atomic E-state index is 0.233. The van der Waals surface area contributed by atoms with Gasteiger partial charge in [-0.15, -0.1) is 0 Å². The van der Waals surface area contributed by atoms with E-state index in [4.69, 9.17) is 4.74 Å². The Kier molecular flexibility index (Phi) is 5.12. The van der Waals surface area contributed by atoms with Crippen molar-refractivity contribution in [2.24, 2.45) is 0 Å². The molecule has 0 aliphatic rings. The number of nitrogens with zero attached hydrogens (tertiary/aromatic N) is 3. The second-order valence-corrected chi connectivity index (χ2v) is 4.78. The van der Waals surface area contributed by atoms with Crippen LogP contribution in [0.5, 0.6) is 5.75 Å². The Morgan fingerprint density at radius 2 is 2.25 bits per heavy atom. The number of benzene rings is 1. The topological polar surface area (TPSA) is 52.0 Å². The molecule has 0 radical (unpaired) electrons. The number of hydrogen-bond acceptors (Lipinski definition) is 4. The average Bonchev–Trinajstić information content (AvgIpc) is 2.92. The predicted octanol–water partition coefficient (Wildman–Crippen LogP) is 2.55. The van der Waals surface area contributed by atoms with Crippen molar-refractivity contribution in [1.82, 2.24) is 20.1 Å². The van der Waals surface area contributed by atoms with E-state index in [1.165, 1.54) is 5.56 Å². The fourth-order valence-corrected chi connectivity index (χ4v) is 2.10. The molecule has 108 valence electrons. The molecule has 5 heteroatoms. The van der Waals surface area contributed by atoms with Gasteiger partial charge in [0.15, 0.2) is 0 Å². The van der Waals surface area contributed by atoms with Crippen LogP contribution in [0, 0.1) is 0 Å². The Labute approximate surface area is 120 Å². The summed E-state index contributed by atoms with van der Waals surface area (Å²) in [5.74, 6) is 1.85. The summed E-state index contributed by atoms with van der Waals surface area (Å²) in [7, 11) is 1.68. The summed E-state index contributed by atoms with van der Waals surface area (Å²) in [6, 6.07) is 8.34. The molecule has 1 aromatic heterocycles. The number of aromatic nitrogens is 3. The molecule has 5 nitrogen and oxygen atoms in total. The van der Waals surface area contributed by atoms with Gasteiger partial charge in [-0.1, -0.05) is 19.1 Å². The molecule has 0 amide bonds. The molecule has 1 N–H and O–H groups in total. The van der Waals surface area contributed by atoms with Crippen LogP contribution >= 0.6 is 0 Å². The molecule has 20 heavy (non-hydrogen) atoms. The van der Waals surface area contributed by atoms with Crippen LogP contribution in [-0.4, -0.2) is 21.9 Å². The zero-order valence-corrected chi connectivity index (χ0v) is 12.3. The molecule has 1 atom stereocenters. The van der Waals surface area contributed by atoms with Gasteiger partial charge in [0.05, 0.1) is 13.7 Å². The molecule has 0 aliphatic heterocycles. The zero-order chi connectivity index (χ0) is 14.4. The summed E-state index contributed by atoms with van der Waals surface area (Å²) in [6.45, 7) is 5.88. The van der Waals surface area contributed by atoms with Gasteiger partial charge in [0.2, 0.25) is 0 Å². The summed E-state index contributed by atoms with van der Waals surface area (Å²) >= 11 is 0. The first kappa shape index (κ1) is 14.5. The van der Waals surface area contributed by atoms with E-state index >= 15 is 0 Å². The van der Waals surface area contributed by atoms with Gasteiger partial charge >= 0.3 is 0 Å². The van der Waals surface area contributed by atoms with Gasteiger partial charge in [-0.25, -0.2) is 9.67 Å². The lowest BCUT2D eigenvalue weighted by atomic mass is 10.1. The molecule has 2 aromatic rings. The summed E-state index contributed by atoms with van der Waals surface area (Å²) in [4.78, 5) is 4.30. The SMILES string of the molecule is CCCn1ncnc1CN[C@H](C)c1cccc(OC)c1. The first-order valence-corrected chi connectivity index (χ1v) is 6.98. The van der Waals surface area contributed by atoms with Crippen molar-refractivity contribution in [2.75, 3.05) is 7.11 Å². The Hall–Kier alpha value is -1.88. The zero-order valence-electron chi connectivity index (χ0n) is 12.3. The van der Waals surface area contributed by atoms with E-state index in [2.05, 4.69) is 41.4 Å². The summed E-state index contributed by atoms with van der Waals surface area (Å²) in [6.07, 6.45) is 2.67. The molecule has 0 saturated carbocycles. The Bertz CT molecular complexity index is 538. The summed E-state index contributed by atoms with van der Waals surface area (Å²) in [5.41, 5.74) is 1.20. The lowest BCUT2D eigenvalue weighted by Gasteiger charge is -2.15. The minimum Gasteiger partial charge on any atom is -0.497 e. The Morgan fingerprint density at radius 1 is 1.40 bits per heavy atom. The third kappa shape index (κ3) is 3.57. The van der Waals surface area contributed by atoms with Gasteiger partial charge in [-0.3, -0.25) is 0 Å². The standard InChI is InChI=1S/C15H22N4O/c1-4-8-19-15(17-11-18-19)10-16-12(2)13-6-5-7-14(9-13)20-3/h5-7,9,11-12,16H,4,8,10H2,1-3H3/t12-/m1/s1. The van der Waals surface area contributed by atoms with Crippen molar-refractivity contribution in [2.45, 2.75) is 39.4 Å². The van der Waals surface area contributed by atoms with Gasteiger partial charge < -0.3 is 10.1 Å². The highest BCUT2D eigenvalue weighted by Gasteiger charge is 2.08. The quantitative estimate of drug-likeness (QED) is 0.843. The van der Waals surface area contributed by atoms with Crippen molar-refractivity contribution in [1.29, 1.82) is 0 Å². The number of rotatable bonds is 7. The van der Waals surface area contributed by atoms with Crippen molar-refractivity contribution in [3.05, 3.63) is 42.0 Å². The second-order valence-electron chi connectivity index (χ2n) is 4.78. The van der Waals surface area contributed by atoms with Gasteiger partial charge in [-0.2, -0.15) is 5.10 Å². The largest absolute Gasteiger partial charge is 0.497 e. The highest BCUT2D eigenvalue weighted by molar-refractivity contribution is 5.30. The van der Waals surface area contributed by atoms with Crippen LogP contribution in [-0.2, 0) is 13.1 Å². The summed E-state index contributed by atoms with van der Waals surface area (Å²) in [5, 5.41) is 7.70. The van der Waals surface area contributed by atoms with Crippen molar-refractivity contribution in [3.63, 3.8) is 0 Å². The van der Waals surface area contributed by atoms with E-state index in [1.807, 2.05) is 16.8 Å². The maximum Gasteiger partial charge on any atom is 0.140 e. The van der Waals surface area contributed by atoms with Gasteiger partial charge in [0.1, 0.15) is 17.9 Å². The van der Waals surface area contributed by atoms with Crippen LogP contribution in [0.4, 0.5) is 0 Å². The van der Waals surface area contributed by atoms with Crippen LogP contribution in [0.25, 0.3) is 0 Å². The van der Waals surface area contributed by atoms with Crippen molar-refractivity contribution >= 4 is 0 Å². The smallest absolute Gasteiger partial charge is 0.140 e. The van der Waals surface area contributed by atoms with E-state index < -0.39 is 0 Å². The molecule has 1 aromatic carbocycles. The maximum atomic E-state index is 5.25. The van der Waals surface area contributed by atoms with E-state index in [1.54, 1.807) is 13.4 Å². The highest BCUT2D eigenvalue weighted by Crippen LogP contribution is 2.18. The normalized spacial score (nSPS) is 12.3.